The van der Waals surface area contributed by atoms with Gasteiger partial charge in [0.05, 0.1) is 11.0 Å². The Balaban J connectivity index is 2.52. The van der Waals surface area contributed by atoms with Gasteiger partial charge < -0.3 is 15.3 Å². The fraction of sp³-hybridized carbons (Fsp3) is 0.312. The summed E-state index contributed by atoms with van der Waals surface area (Å²) in [7, 11) is 0. The molecule has 0 unspecified atom stereocenters. The van der Waals surface area contributed by atoms with E-state index in [1.165, 1.54) is 6.08 Å². The first-order valence-corrected chi connectivity index (χ1v) is 6.67. The standard InChI is InChI=1S/C16H19NO3/c1-10(4-3-7-17)8-14-11(2)13-6-5-12(18)9-15(13)20-16(14)19/h8-9,18H,1-7,17H2/b14-8+. The molecule has 1 aliphatic carbocycles. The quantitative estimate of drug-likeness (QED) is 0.857. The van der Waals surface area contributed by atoms with E-state index >= 15 is 0 Å². The van der Waals surface area contributed by atoms with Crippen molar-refractivity contribution in [3.8, 4) is 0 Å². The lowest BCUT2D eigenvalue weighted by Crippen LogP contribution is -2.41. The normalized spacial score (nSPS) is 14.8. The summed E-state index contributed by atoms with van der Waals surface area (Å²) < 4.78 is 5.26. The molecule has 0 fully saturated rings. The molecule has 2 rings (SSSR count). The van der Waals surface area contributed by atoms with Crippen LogP contribution in [-0.4, -0.2) is 11.7 Å². The van der Waals surface area contributed by atoms with E-state index in [-0.39, 0.29) is 5.76 Å². The van der Waals surface area contributed by atoms with E-state index in [9.17, 15) is 9.90 Å². The largest absolute Gasteiger partial charge is 0.512 e. The van der Waals surface area contributed by atoms with Crippen LogP contribution >= 0.6 is 0 Å². The molecule has 0 bridgehead atoms. The predicted molar refractivity (Wildman–Crippen MR) is 80.6 cm³/mol. The van der Waals surface area contributed by atoms with E-state index in [0.29, 0.717) is 35.6 Å². The van der Waals surface area contributed by atoms with E-state index in [0.717, 1.165) is 24.0 Å². The number of fused-ring (bicyclic) bond motifs is 1. The number of allylic oxidation sites excluding steroid dienone is 2. The number of nitrogens with two attached hydrogens (primary N) is 1. The first-order valence-electron chi connectivity index (χ1n) is 6.67. The second-order valence-electron chi connectivity index (χ2n) is 4.96. The molecular weight excluding hydrogens is 254 g/mol. The first kappa shape index (κ1) is 14.3. The molecule has 1 aromatic heterocycles. The van der Waals surface area contributed by atoms with E-state index < -0.39 is 5.63 Å². The molecule has 4 heteroatoms. The van der Waals surface area contributed by atoms with Crippen molar-refractivity contribution in [1.82, 2.24) is 0 Å². The minimum Gasteiger partial charge on any atom is -0.512 e. The van der Waals surface area contributed by atoms with Crippen LogP contribution in [0.25, 0.3) is 18.7 Å². The summed E-state index contributed by atoms with van der Waals surface area (Å²) in [5.74, 6) is 0.637. The van der Waals surface area contributed by atoms with Crippen molar-refractivity contribution in [2.45, 2.75) is 25.7 Å². The van der Waals surface area contributed by atoms with Gasteiger partial charge in [-0.1, -0.05) is 18.7 Å². The van der Waals surface area contributed by atoms with Crippen LogP contribution in [0.15, 0.2) is 27.1 Å². The molecule has 0 spiro atoms. The Morgan fingerprint density at radius 2 is 2.25 bits per heavy atom. The molecule has 1 aromatic rings. The van der Waals surface area contributed by atoms with Crippen molar-refractivity contribution in [2.75, 3.05) is 6.54 Å². The van der Waals surface area contributed by atoms with Crippen molar-refractivity contribution in [3.05, 3.63) is 50.1 Å². The van der Waals surface area contributed by atoms with Crippen LogP contribution in [0, 0.1) is 0 Å². The van der Waals surface area contributed by atoms with E-state index in [1.807, 2.05) is 0 Å². The molecule has 0 aliphatic heterocycles. The van der Waals surface area contributed by atoms with Gasteiger partial charge >= 0.3 is 5.63 Å². The van der Waals surface area contributed by atoms with Gasteiger partial charge in [0, 0.05) is 18.1 Å². The Labute approximate surface area is 117 Å². The highest BCUT2D eigenvalue weighted by molar-refractivity contribution is 5.54. The number of hydrogen-bond donors (Lipinski definition) is 2. The van der Waals surface area contributed by atoms with Crippen LogP contribution in [0.3, 0.4) is 0 Å². The molecule has 1 aliphatic rings. The minimum atomic E-state index is -0.450. The predicted octanol–water partition coefficient (Wildman–Crippen LogP) is 0.971. The number of hydrogen-bond acceptors (Lipinski definition) is 4. The highest BCUT2D eigenvalue weighted by Gasteiger charge is 2.14. The molecule has 0 atom stereocenters. The smallest absolute Gasteiger partial charge is 0.344 e. The van der Waals surface area contributed by atoms with Gasteiger partial charge in [0.2, 0.25) is 0 Å². The van der Waals surface area contributed by atoms with E-state index in [2.05, 4.69) is 13.2 Å². The molecule has 4 nitrogen and oxygen atoms in total. The summed E-state index contributed by atoms with van der Waals surface area (Å²) in [4.78, 5) is 12.0. The van der Waals surface area contributed by atoms with Gasteiger partial charge in [-0.2, -0.15) is 0 Å². The highest BCUT2D eigenvalue weighted by Crippen LogP contribution is 2.17. The van der Waals surface area contributed by atoms with Crippen molar-refractivity contribution < 1.29 is 9.52 Å². The van der Waals surface area contributed by atoms with Crippen molar-refractivity contribution in [2.24, 2.45) is 5.73 Å². The van der Waals surface area contributed by atoms with Gasteiger partial charge in [0.15, 0.2) is 0 Å². The summed E-state index contributed by atoms with van der Waals surface area (Å²) in [6, 6.07) is 0. The van der Waals surface area contributed by atoms with Gasteiger partial charge in [-0.3, -0.25) is 0 Å². The summed E-state index contributed by atoms with van der Waals surface area (Å²) in [6.45, 7) is 8.50. The molecule has 20 heavy (non-hydrogen) atoms. The van der Waals surface area contributed by atoms with Gasteiger partial charge in [-0.15, -0.1) is 0 Å². The molecule has 0 saturated heterocycles. The number of aliphatic hydroxyl groups is 1. The fourth-order valence-corrected chi connectivity index (χ4v) is 2.27. The monoisotopic (exact) mass is 273 g/mol. The lowest BCUT2D eigenvalue weighted by Gasteiger charge is -2.11. The molecule has 106 valence electrons. The van der Waals surface area contributed by atoms with E-state index in [1.54, 1.807) is 6.08 Å². The first-order chi connectivity index (χ1) is 9.52. The zero-order valence-electron chi connectivity index (χ0n) is 11.4. The Kier molecular flexibility index (Phi) is 4.25. The highest BCUT2D eigenvalue weighted by atomic mass is 16.4. The van der Waals surface area contributed by atoms with Crippen LogP contribution in [0.4, 0.5) is 0 Å². The lowest BCUT2D eigenvalue weighted by atomic mass is 9.99. The maximum atomic E-state index is 12.0. The molecule has 1 heterocycles. The van der Waals surface area contributed by atoms with Crippen LogP contribution in [0.1, 0.15) is 30.6 Å². The SMILES string of the molecule is C=C(/C=c1/c(=O)oc2c(c1=C)CCC(O)=C2)CCCN. The molecule has 0 radical (unpaired) electrons. The average molecular weight is 273 g/mol. The fourth-order valence-electron chi connectivity index (χ4n) is 2.27. The molecule has 0 aromatic carbocycles. The summed E-state index contributed by atoms with van der Waals surface area (Å²) in [5, 5.41) is 10.6. The van der Waals surface area contributed by atoms with Crippen LogP contribution in [0.2, 0.25) is 0 Å². The maximum Gasteiger partial charge on any atom is 0.344 e. The molecule has 0 saturated carbocycles. The molecular formula is C16H19NO3. The lowest BCUT2D eigenvalue weighted by molar-refractivity contribution is 0.382. The van der Waals surface area contributed by atoms with Crippen LogP contribution < -0.4 is 21.8 Å². The molecule has 0 amide bonds. The topological polar surface area (TPSA) is 76.5 Å². The van der Waals surface area contributed by atoms with Gasteiger partial charge in [0.1, 0.15) is 5.76 Å². The summed E-state index contributed by atoms with van der Waals surface area (Å²) in [5.41, 5.74) is 6.72. The number of rotatable bonds is 4. The zero-order chi connectivity index (χ0) is 14.7. The van der Waals surface area contributed by atoms with Gasteiger partial charge in [-0.05, 0) is 37.1 Å². The second-order valence-corrected chi connectivity index (χ2v) is 4.96. The molecule has 3 N–H and O–H groups in total. The maximum absolute atomic E-state index is 12.0. The van der Waals surface area contributed by atoms with Crippen molar-refractivity contribution in [3.63, 3.8) is 0 Å². The minimum absolute atomic E-state index is 0.226. The Bertz CT molecular complexity index is 725. The van der Waals surface area contributed by atoms with Gasteiger partial charge in [0.25, 0.3) is 0 Å². The number of aliphatic hydroxyl groups excluding tert-OH is 1. The van der Waals surface area contributed by atoms with Crippen LogP contribution in [-0.2, 0) is 6.42 Å². The van der Waals surface area contributed by atoms with Crippen LogP contribution in [0.5, 0.6) is 0 Å². The Hall–Kier alpha value is -2.07. The zero-order valence-corrected chi connectivity index (χ0v) is 11.4. The Morgan fingerprint density at radius 1 is 1.50 bits per heavy atom. The average Bonchev–Trinajstić information content (AvgIpc) is 2.40. The third-order valence-electron chi connectivity index (χ3n) is 3.39. The summed E-state index contributed by atoms with van der Waals surface area (Å²) in [6.07, 6.45) is 5.94. The third kappa shape index (κ3) is 2.91. The van der Waals surface area contributed by atoms with Crippen molar-refractivity contribution in [1.29, 1.82) is 0 Å². The van der Waals surface area contributed by atoms with E-state index in [4.69, 9.17) is 10.2 Å². The Morgan fingerprint density at radius 3 is 2.95 bits per heavy atom. The van der Waals surface area contributed by atoms with Gasteiger partial charge in [-0.25, -0.2) is 4.79 Å². The second kappa shape index (κ2) is 5.92. The van der Waals surface area contributed by atoms with Crippen molar-refractivity contribution >= 4 is 18.7 Å². The third-order valence-corrected chi connectivity index (χ3v) is 3.39. The summed E-state index contributed by atoms with van der Waals surface area (Å²) >= 11 is 0.